The van der Waals surface area contributed by atoms with Crippen molar-refractivity contribution in [1.82, 2.24) is 5.32 Å². The molecule has 0 radical (unpaired) electrons. The lowest BCUT2D eigenvalue weighted by atomic mass is 10.1. The molecule has 0 bridgehead atoms. The molecule has 0 fully saturated rings. The molecule has 2 rings (SSSR count). The quantitative estimate of drug-likeness (QED) is 0.650. The highest BCUT2D eigenvalue weighted by atomic mass is 16.6. The Morgan fingerprint density at radius 1 is 0.931 bits per heavy atom. The molecule has 0 aliphatic carbocycles. The Hall–Kier alpha value is -3.22. The minimum absolute atomic E-state index is 0.269. The van der Waals surface area contributed by atoms with Crippen LogP contribution in [0.25, 0.3) is 0 Å². The Bertz CT molecular complexity index is 864. The third-order valence-corrected chi connectivity index (χ3v) is 4.48. The van der Waals surface area contributed by atoms with E-state index in [1.54, 1.807) is 45.4 Å². The van der Waals surface area contributed by atoms with Crippen LogP contribution in [-0.4, -0.2) is 39.3 Å². The first-order valence-corrected chi connectivity index (χ1v) is 9.21. The topological polar surface area (TPSA) is 83.1 Å². The predicted octanol–water partition coefficient (Wildman–Crippen LogP) is 3.12. The number of benzene rings is 2. The lowest BCUT2D eigenvalue weighted by molar-refractivity contribution is -0.150. The normalized spacial score (nSPS) is 11.3. The average Bonchev–Trinajstić information content (AvgIpc) is 2.72. The summed E-state index contributed by atoms with van der Waals surface area (Å²) in [7, 11) is 3.12. The molecule has 1 atom stereocenters. The summed E-state index contributed by atoms with van der Waals surface area (Å²) in [5.41, 5.74) is 2.96. The van der Waals surface area contributed by atoms with Crippen LogP contribution in [0.1, 0.15) is 29.7 Å². The second-order valence-corrected chi connectivity index (χ2v) is 6.59. The number of carbonyl (C=O) groups excluding carboxylic acids is 2. The molecule has 0 heterocycles. The van der Waals surface area contributed by atoms with Gasteiger partial charge in [0.15, 0.2) is 13.2 Å². The average molecular weight is 401 g/mol. The number of aryl methyl sites for hydroxylation is 2. The van der Waals surface area contributed by atoms with Crippen LogP contribution in [0, 0.1) is 13.8 Å². The van der Waals surface area contributed by atoms with E-state index in [2.05, 4.69) is 5.32 Å². The smallest absolute Gasteiger partial charge is 0.344 e. The summed E-state index contributed by atoms with van der Waals surface area (Å²) in [5, 5.41) is 2.77. The van der Waals surface area contributed by atoms with E-state index in [0.717, 1.165) is 16.7 Å². The Labute approximate surface area is 170 Å². The molecule has 1 amide bonds. The molecule has 0 aliphatic rings. The van der Waals surface area contributed by atoms with E-state index in [9.17, 15) is 9.59 Å². The number of hydrogen-bond acceptors (Lipinski definition) is 6. The molecule has 156 valence electrons. The van der Waals surface area contributed by atoms with Crippen molar-refractivity contribution < 1.29 is 28.5 Å². The summed E-state index contributed by atoms with van der Waals surface area (Å²) in [6.45, 7) is 5.10. The first-order chi connectivity index (χ1) is 13.8. The fraction of sp³-hybridized carbons (Fsp3) is 0.364. The minimum atomic E-state index is -0.620. The molecule has 0 aromatic heterocycles. The van der Waals surface area contributed by atoms with Crippen LogP contribution in [0.3, 0.4) is 0 Å². The Balaban J connectivity index is 1.83. The van der Waals surface area contributed by atoms with Gasteiger partial charge in [-0.15, -0.1) is 0 Å². The van der Waals surface area contributed by atoms with Crippen molar-refractivity contribution in [3.05, 3.63) is 53.1 Å². The lowest BCUT2D eigenvalue weighted by Crippen LogP contribution is -2.32. The van der Waals surface area contributed by atoms with E-state index in [-0.39, 0.29) is 12.6 Å². The number of methoxy groups -OCH3 is 2. The van der Waals surface area contributed by atoms with E-state index in [1.165, 1.54) is 0 Å². The molecule has 29 heavy (non-hydrogen) atoms. The SMILES string of the molecule is COc1ccc(OC)c([C@@H](C)NC(=O)COC(=O)COc2ccc(C)c(C)c2)c1. The van der Waals surface area contributed by atoms with Crippen molar-refractivity contribution in [3.63, 3.8) is 0 Å². The zero-order chi connectivity index (χ0) is 21.4. The van der Waals surface area contributed by atoms with Crippen LogP contribution < -0.4 is 19.5 Å². The summed E-state index contributed by atoms with van der Waals surface area (Å²) in [6.07, 6.45) is 0. The number of amides is 1. The van der Waals surface area contributed by atoms with Gasteiger partial charge >= 0.3 is 5.97 Å². The van der Waals surface area contributed by atoms with Crippen molar-refractivity contribution in [2.45, 2.75) is 26.8 Å². The number of hydrogen-bond donors (Lipinski definition) is 1. The maximum Gasteiger partial charge on any atom is 0.344 e. The highest BCUT2D eigenvalue weighted by molar-refractivity contribution is 5.81. The molecule has 2 aromatic carbocycles. The first kappa shape index (κ1) is 22.1. The molecule has 0 aliphatic heterocycles. The zero-order valence-electron chi connectivity index (χ0n) is 17.4. The molecular formula is C22H27NO6. The van der Waals surface area contributed by atoms with E-state index in [0.29, 0.717) is 17.2 Å². The number of rotatable bonds is 9. The zero-order valence-corrected chi connectivity index (χ0v) is 17.4. The number of nitrogens with one attached hydrogen (secondary N) is 1. The van der Waals surface area contributed by atoms with Gasteiger partial charge in [-0.2, -0.15) is 0 Å². The Morgan fingerprint density at radius 2 is 1.66 bits per heavy atom. The van der Waals surface area contributed by atoms with Crippen molar-refractivity contribution in [1.29, 1.82) is 0 Å². The number of carbonyl (C=O) groups is 2. The number of ether oxygens (including phenoxy) is 4. The third kappa shape index (κ3) is 6.41. The van der Waals surface area contributed by atoms with Crippen LogP contribution in [0.2, 0.25) is 0 Å². The summed E-state index contributed by atoms with van der Waals surface area (Å²) in [6, 6.07) is 10.5. The maximum absolute atomic E-state index is 12.1. The second kappa shape index (κ2) is 10.4. The van der Waals surface area contributed by atoms with Gasteiger partial charge in [0.25, 0.3) is 5.91 Å². The maximum atomic E-state index is 12.1. The molecule has 0 saturated heterocycles. The van der Waals surface area contributed by atoms with Crippen LogP contribution >= 0.6 is 0 Å². The van der Waals surface area contributed by atoms with Gasteiger partial charge in [0.1, 0.15) is 17.2 Å². The fourth-order valence-corrected chi connectivity index (χ4v) is 2.67. The van der Waals surface area contributed by atoms with Gasteiger partial charge in [-0.3, -0.25) is 4.79 Å². The van der Waals surface area contributed by atoms with E-state index >= 15 is 0 Å². The van der Waals surface area contributed by atoms with Crippen LogP contribution in [-0.2, 0) is 14.3 Å². The van der Waals surface area contributed by atoms with E-state index in [1.807, 2.05) is 26.0 Å². The summed E-state index contributed by atoms with van der Waals surface area (Å²) >= 11 is 0. The summed E-state index contributed by atoms with van der Waals surface area (Å²) in [4.78, 5) is 24.0. The molecule has 1 N–H and O–H groups in total. The second-order valence-electron chi connectivity index (χ2n) is 6.59. The third-order valence-electron chi connectivity index (χ3n) is 4.48. The van der Waals surface area contributed by atoms with Gasteiger partial charge in [0, 0.05) is 5.56 Å². The van der Waals surface area contributed by atoms with Gasteiger partial charge in [0.05, 0.1) is 20.3 Å². The van der Waals surface area contributed by atoms with Gasteiger partial charge in [0.2, 0.25) is 0 Å². The standard InChI is InChI=1S/C22H27NO6/c1-14-6-7-18(10-15(14)2)28-13-22(25)29-12-21(24)23-16(3)19-11-17(26-4)8-9-20(19)27-5/h6-11,16H,12-13H2,1-5H3,(H,23,24)/t16-/m1/s1. The molecule has 7 nitrogen and oxygen atoms in total. The van der Waals surface area contributed by atoms with Crippen LogP contribution in [0.4, 0.5) is 0 Å². The Kier molecular flexibility index (Phi) is 7.88. The predicted molar refractivity (Wildman–Crippen MR) is 108 cm³/mol. The monoisotopic (exact) mass is 401 g/mol. The van der Waals surface area contributed by atoms with Crippen molar-refractivity contribution in [2.24, 2.45) is 0 Å². The molecule has 2 aromatic rings. The molecular weight excluding hydrogens is 374 g/mol. The van der Waals surface area contributed by atoms with Crippen molar-refractivity contribution >= 4 is 11.9 Å². The van der Waals surface area contributed by atoms with Gasteiger partial charge in [-0.25, -0.2) is 4.79 Å². The van der Waals surface area contributed by atoms with Crippen LogP contribution in [0.15, 0.2) is 36.4 Å². The largest absolute Gasteiger partial charge is 0.497 e. The molecule has 0 unspecified atom stereocenters. The van der Waals surface area contributed by atoms with E-state index < -0.39 is 18.5 Å². The first-order valence-electron chi connectivity index (χ1n) is 9.21. The van der Waals surface area contributed by atoms with Crippen molar-refractivity contribution in [2.75, 3.05) is 27.4 Å². The fourth-order valence-electron chi connectivity index (χ4n) is 2.67. The molecule has 7 heteroatoms. The number of esters is 1. The highest BCUT2D eigenvalue weighted by Crippen LogP contribution is 2.29. The van der Waals surface area contributed by atoms with Gasteiger partial charge < -0.3 is 24.3 Å². The molecule has 0 spiro atoms. The summed E-state index contributed by atoms with van der Waals surface area (Å²) < 4.78 is 20.9. The minimum Gasteiger partial charge on any atom is -0.497 e. The lowest BCUT2D eigenvalue weighted by Gasteiger charge is -2.18. The highest BCUT2D eigenvalue weighted by Gasteiger charge is 2.16. The Morgan fingerprint density at radius 3 is 2.31 bits per heavy atom. The van der Waals surface area contributed by atoms with Gasteiger partial charge in [-0.05, 0) is 62.2 Å². The van der Waals surface area contributed by atoms with Crippen LogP contribution in [0.5, 0.6) is 17.2 Å². The summed E-state index contributed by atoms with van der Waals surface area (Å²) in [5.74, 6) is 0.800. The van der Waals surface area contributed by atoms with Crippen molar-refractivity contribution in [3.8, 4) is 17.2 Å². The molecule has 0 saturated carbocycles. The van der Waals surface area contributed by atoms with Gasteiger partial charge in [-0.1, -0.05) is 6.07 Å². The van der Waals surface area contributed by atoms with E-state index in [4.69, 9.17) is 18.9 Å².